The average molecular weight is 671 g/mol. The second-order valence-electron chi connectivity index (χ2n) is 12.2. The monoisotopic (exact) mass is 670 g/mol. The van der Waals surface area contributed by atoms with Crippen molar-refractivity contribution >= 4 is 60.7 Å². The minimum atomic E-state index is -3.19. The lowest BCUT2D eigenvalue weighted by Gasteiger charge is -2.29. The molecule has 4 heterocycles. The van der Waals surface area contributed by atoms with E-state index in [2.05, 4.69) is 16.5 Å². The molecule has 0 radical (unpaired) electrons. The van der Waals surface area contributed by atoms with Gasteiger partial charge in [0.15, 0.2) is 9.84 Å². The zero-order valence-electron chi connectivity index (χ0n) is 25.4. The third kappa shape index (κ3) is 7.36. The highest BCUT2D eigenvalue weighted by atomic mass is 32.2. The highest BCUT2D eigenvalue weighted by Crippen LogP contribution is 2.30. The van der Waals surface area contributed by atoms with Crippen molar-refractivity contribution in [1.29, 1.82) is 0 Å². The van der Waals surface area contributed by atoms with Crippen LogP contribution in [0.1, 0.15) is 68.7 Å². The second-order valence-corrected chi connectivity index (χ2v) is 17.0. The van der Waals surface area contributed by atoms with E-state index in [0.717, 1.165) is 22.9 Å². The molecule has 46 heavy (non-hydrogen) atoms. The fourth-order valence-electron chi connectivity index (χ4n) is 6.04. The molecule has 2 N–H and O–H groups in total. The number of nitrogens with zero attached hydrogens (tertiary/aromatic N) is 2. The number of piperidine rings is 2. The number of carbonyl (C=O) groups excluding carboxylic acids is 6. The molecule has 2 saturated heterocycles. The lowest BCUT2D eigenvalue weighted by Crippen LogP contribution is -2.52. The minimum Gasteiger partial charge on any atom is -0.322 e. The van der Waals surface area contributed by atoms with Gasteiger partial charge in [0.25, 0.3) is 11.8 Å². The van der Waals surface area contributed by atoms with Gasteiger partial charge in [0.2, 0.25) is 23.6 Å². The van der Waals surface area contributed by atoms with Gasteiger partial charge in [-0.05, 0) is 62.6 Å². The van der Waals surface area contributed by atoms with E-state index in [1.165, 1.54) is 9.80 Å². The molecule has 2 aromatic carbocycles. The van der Waals surface area contributed by atoms with Gasteiger partial charge in [0.1, 0.15) is 12.1 Å². The summed E-state index contributed by atoms with van der Waals surface area (Å²) in [6, 6.07) is 9.11. The molecular weight excluding hydrogens is 636 g/mol. The molecule has 244 valence electrons. The zero-order chi connectivity index (χ0) is 33.6. The summed E-state index contributed by atoms with van der Waals surface area (Å²) in [6.45, 7) is 0.645. The van der Waals surface area contributed by atoms with Crippen molar-refractivity contribution in [2.75, 3.05) is 12.5 Å². The Hall–Kier alpha value is -4.37. The molecule has 6 amide bonds. The number of imide groups is 2. The molecule has 0 aromatic heterocycles. The molecule has 2 aromatic rings. The maximum Gasteiger partial charge on any atom is 0.255 e. The molecule has 0 bridgehead atoms. The third-order valence-electron chi connectivity index (χ3n) is 8.09. The second kappa shape index (κ2) is 12.4. The highest BCUT2D eigenvalue weighted by Gasteiger charge is 2.40. The van der Waals surface area contributed by atoms with E-state index in [9.17, 15) is 41.4 Å². The molecule has 15 heteroatoms. The molecular formula is C31H34N4O9S2. The zero-order valence-corrected chi connectivity index (χ0v) is 27.0. The number of carbonyl (C=O) groups is 6. The lowest BCUT2D eigenvalue weighted by molar-refractivity contribution is -0.138. The maximum absolute atomic E-state index is 12.6. The lowest BCUT2D eigenvalue weighted by atomic mass is 10.0. The van der Waals surface area contributed by atoms with E-state index < -0.39 is 43.3 Å². The fourth-order valence-corrected chi connectivity index (χ4v) is 7.71. The van der Waals surface area contributed by atoms with Gasteiger partial charge in [0, 0.05) is 55.3 Å². The summed E-state index contributed by atoms with van der Waals surface area (Å²) in [5, 5.41) is 4.52. The standard InChI is InChI=1S/C16H18N2O4S.C15H16N2O5S/c1-23(2,22)9-10-3-4-11-8-18(16(21)12(11)7-10)13-5-6-14(19)17-15(13)20;1-23(21,22)8-9-2-3-10-7-17(15(20)11(10)6-9)12-4-5-13(18)16-14(12)19/h3-4,7,13H,1,5-6,8-9H2,2H3,(H,17,19,20);2-3,6,12H,4-5,7-8H2,1H3,(H,16,18,19). The molecule has 3 unspecified atom stereocenters. The predicted molar refractivity (Wildman–Crippen MR) is 168 cm³/mol. The van der Waals surface area contributed by atoms with E-state index in [1.54, 1.807) is 30.5 Å². The topological polar surface area (TPSA) is 184 Å². The van der Waals surface area contributed by atoms with Gasteiger partial charge >= 0.3 is 0 Å². The van der Waals surface area contributed by atoms with E-state index in [4.69, 9.17) is 0 Å². The molecule has 0 aliphatic carbocycles. The van der Waals surface area contributed by atoms with Crippen LogP contribution in [0.3, 0.4) is 0 Å². The number of fused-ring (bicyclic) bond motifs is 2. The van der Waals surface area contributed by atoms with Gasteiger partial charge < -0.3 is 9.80 Å². The van der Waals surface area contributed by atoms with Crippen molar-refractivity contribution in [2.45, 2.75) is 62.4 Å². The summed E-state index contributed by atoms with van der Waals surface area (Å²) in [4.78, 5) is 74.5. The number of nitrogens with one attached hydrogen (secondary N) is 2. The summed E-state index contributed by atoms with van der Waals surface area (Å²) in [5.74, 6) is 1.78. The number of hydrogen-bond acceptors (Lipinski definition) is 9. The Bertz CT molecular complexity index is 1770. The van der Waals surface area contributed by atoms with Crippen LogP contribution < -0.4 is 10.6 Å². The quantitative estimate of drug-likeness (QED) is 0.322. The van der Waals surface area contributed by atoms with Gasteiger partial charge in [-0.15, -0.1) is 0 Å². The van der Waals surface area contributed by atoms with Crippen LogP contribution in [0, 0.1) is 0 Å². The fraction of sp³-hybridized carbons (Fsp3) is 0.387. The van der Waals surface area contributed by atoms with Crippen LogP contribution >= 0.6 is 0 Å². The average Bonchev–Trinajstić information content (AvgIpc) is 3.43. The van der Waals surface area contributed by atoms with E-state index >= 15 is 0 Å². The van der Waals surface area contributed by atoms with Gasteiger partial charge in [-0.1, -0.05) is 24.3 Å². The van der Waals surface area contributed by atoms with Crippen molar-refractivity contribution in [2.24, 2.45) is 0 Å². The molecule has 6 rings (SSSR count). The van der Waals surface area contributed by atoms with Gasteiger partial charge in [-0.2, -0.15) is 0 Å². The predicted octanol–water partition coefficient (Wildman–Crippen LogP) is 0.286. The van der Waals surface area contributed by atoms with Gasteiger partial charge in [-0.3, -0.25) is 43.6 Å². The van der Waals surface area contributed by atoms with Crippen LogP contribution in [0.15, 0.2) is 36.4 Å². The first-order valence-electron chi connectivity index (χ1n) is 14.5. The molecule has 4 aliphatic heterocycles. The Morgan fingerprint density at radius 1 is 0.696 bits per heavy atom. The number of benzene rings is 2. The minimum absolute atomic E-state index is 0.133. The van der Waals surface area contributed by atoms with Gasteiger partial charge in [0.05, 0.1) is 5.75 Å². The summed E-state index contributed by atoms with van der Waals surface area (Å²) < 4.78 is 34.6. The van der Waals surface area contributed by atoms with E-state index in [-0.39, 0.29) is 42.2 Å². The smallest absolute Gasteiger partial charge is 0.255 e. The molecule has 0 spiro atoms. The maximum atomic E-state index is 12.6. The first kappa shape index (κ1) is 33.0. The van der Waals surface area contributed by atoms with Crippen molar-refractivity contribution in [1.82, 2.24) is 20.4 Å². The number of amides is 6. The highest BCUT2D eigenvalue weighted by molar-refractivity contribution is 7.98. The van der Waals surface area contributed by atoms with Crippen LogP contribution in [0.2, 0.25) is 0 Å². The normalized spacial score (nSPS) is 22.4. The van der Waals surface area contributed by atoms with Crippen LogP contribution in [0.5, 0.6) is 0 Å². The SMILES string of the molecule is C=S(C)(=O)Cc1ccc2c(c1)C(=O)N(C1CCC(=O)NC1=O)C2.CS(=O)(=O)Cc1ccc2c(c1)C(=O)N(C1CCC(=O)NC1=O)C2. The van der Waals surface area contributed by atoms with Crippen LogP contribution in [0.25, 0.3) is 0 Å². The summed E-state index contributed by atoms with van der Waals surface area (Å²) in [5.41, 5.74) is 3.91. The molecule has 0 saturated carbocycles. The molecule has 2 fully saturated rings. The summed E-state index contributed by atoms with van der Waals surface area (Å²) in [7, 11) is -5.37. The first-order chi connectivity index (χ1) is 21.5. The Kier molecular flexibility index (Phi) is 8.92. The molecule has 13 nitrogen and oxygen atoms in total. The van der Waals surface area contributed by atoms with Crippen LogP contribution in [0.4, 0.5) is 0 Å². The third-order valence-corrected chi connectivity index (χ3v) is 9.89. The van der Waals surface area contributed by atoms with Crippen LogP contribution in [-0.2, 0) is 63.1 Å². The van der Waals surface area contributed by atoms with E-state index in [0.29, 0.717) is 48.4 Å². The van der Waals surface area contributed by atoms with Crippen molar-refractivity contribution in [3.8, 4) is 0 Å². The van der Waals surface area contributed by atoms with Gasteiger partial charge in [-0.25, -0.2) is 8.42 Å². The Morgan fingerprint density at radius 3 is 1.48 bits per heavy atom. The summed E-state index contributed by atoms with van der Waals surface area (Å²) in [6.07, 6.45) is 3.81. The van der Waals surface area contributed by atoms with Crippen molar-refractivity contribution in [3.05, 3.63) is 69.8 Å². The Balaban J connectivity index is 0.000000181. The Morgan fingerprint density at radius 2 is 1.11 bits per heavy atom. The number of rotatable bonds is 6. The molecule has 4 aliphatic rings. The molecule has 3 atom stereocenters. The number of hydrogen-bond donors (Lipinski definition) is 2. The van der Waals surface area contributed by atoms with Crippen molar-refractivity contribution in [3.63, 3.8) is 0 Å². The van der Waals surface area contributed by atoms with Crippen LogP contribution in [-0.4, -0.2) is 88.3 Å². The first-order valence-corrected chi connectivity index (χ1v) is 18.9. The van der Waals surface area contributed by atoms with Crippen molar-refractivity contribution < 1.29 is 41.4 Å². The number of sulfone groups is 1. The largest absolute Gasteiger partial charge is 0.322 e. The summed E-state index contributed by atoms with van der Waals surface area (Å²) >= 11 is 0. The van der Waals surface area contributed by atoms with E-state index in [1.807, 2.05) is 12.1 Å². The Labute approximate surface area is 266 Å².